The van der Waals surface area contributed by atoms with E-state index in [1.165, 1.54) is 17.7 Å². The summed E-state index contributed by atoms with van der Waals surface area (Å²) < 4.78 is 13.0. The van der Waals surface area contributed by atoms with E-state index in [9.17, 15) is 14.9 Å². The van der Waals surface area contributed by atoms with E-state index in [0.29, 0.717) is 17.1 Å². The average Bonchev–Trinajstić information content (AvgIpc) is 3.40. The van der Waals surface area contributed by atoms with Gasteiger partial charge in [0.15, 0.2) is 0 Å². The lowest BCUT2D eigenvalue weighted by Crippen LogP contribution is -2.44. The summed E-state index contributed by atoms with van der Waals surface area (Å²) >= 11 is 3.68. The van der Waals surface area contributed by atoms with Crippen molar-refractivity contribution in [3.8, 4) is 17.1 Å². The van der Waals surface area contributed by atoms with Crippen molar-refractivity contribution >= 4 is 27.5 Å². The van der Waals surface area contributed by atoms with Crippen molar-refractivity contribution in [2.24, 2.45) is 0 Å². The van der Waals surface area contributed by atoms with Gasteiger partial charge in [-0.25, -0.2) is 0 Å². The molecule has 39 heavy (non-hydrogen) atoms. The minimum atomic E-state index is -0.438. The molecule has 1 amide bonds. The Kier molecular flexibility index (Phi) is 8.95. The minimum Gasteiger partial charge on any atom is -0.489 e. The Morgan fingerprint density at radius 1 is 1.10 bits per heavy atom. The molecule has 3 heterocycles. The zero-order chi connectivity index (χ0) is 27.2. The highest BCUT2D eigenvalue weighted by Crippen LogP contribution is 2.29. The number of nitro benzene ring substituents is 1. The van der Waals surface area contributed by atoms with E-state index in [1.807, 2.05) is 0 Å². The van der Waals surface area contributed by atoms with Gasteiger partial charge in [0.2, 0.25) is 5.91 Å². The van der Waals surface area contributed by atoms with Gasteiger partial charge in [0.25, 0.3) is 5.69 Å². The summed E-state index contributed by atoms with van der Waals surface area (Å²) in [5.41, 5.74) is 1.85. The maximum Gasteiger partial charge on any atom is 0.270 e. The summed E-state index contributed by atoms with van der Waals surface area (Å²) in [5, 5.41) is 17.5. The van der Waals surface area contributed by atoms with Gasteiger partial charge in [-0.1, -0.05) is 18.2 Å². The number of likely N-dealkylation sites (tertiary alicyclic amines) is 1. The highest BCUT2D eigenvalue weighted by molar-refractivity contribution is 9.10. The fraction of sp³-hybridized carbons (Fsp3) is 0.414. The van der Waals surface area contributed by atoms with Gasteiger partial charge in [0.1, 0.15) is 23.4 Å². The smallest absolute Gasteiger partial charge is 0.270 e. The van der Waals surface area contributed by atoms with Crippen molar-refractivity contribution in [1.82, 2.24) is 15.5 Å². The average molecular weight is 598 g/mol. The zero-order valence-corrected chi connectivity index (χ0v) is 23.3. The SMILES string of the molecule is O=C(Cc1ccc(-c2cccc([N+](=O)[O-])c2)o1)NC1CCN(Cc2ccc(OC3CCNCC3)c(Br)c2)CC1. The molecule has 2 aliphatic rings. The van der Waals surface area contributed by atoms with Gasteiger partial charge in [-0.2, -0.15) is 0 Å². The quantitative estimate of drug-likeness (QED) is 0.262. The Morgan fingerprint density at radius 3 is 2.64 bits per heavy atom. The second kappa shape index (κ2) is 12.8. The molecule has 0 unspecified atom stereocenters. The standard InChI is InChI=1S/C29H33BrN4O5/c30-26-16-20(4-6-28(26)38-24-8-12-31-13-9-24)19-33-14-10-22(11-15-33)32-29(35)18-25-5-7-27(39-25)21-2-1-3-23(17-21)34(36)37/h1-7,16-17,22,24,31H,8-15,18-19H2,(H,32,35). The molecule has 2 aromatic carbocycles. The molecule has 1 aromatic heterocycles. The van der Waals surface area contributed by atoms with Crippen LogP contribution in [0.3, 0.4) is 0 Å². The molecule has 0 aliphatic carbocycles. The molecule has 9 nitrogen and oxygen atoms in total. The number of hydrogen-bond acceptors (Lipinski definition) is 7. The highest BCUT2D eigenvalue weighted by atomic mass is 79.9. The molecule has 0 radical (unpaired) electrons. The van der Waals surface area contributed by atoms with E-state index >= 15 is 0 Å². The third-order valence-corrected chi connectivity index (χ3v) is 7.89. The van der Waals surface area contributed by atoms with Crippen LogP contribution in [0.2, 0.25) is 0 Å². The molecule has 206 valence electrons. The van der Waals surface area contributed by atoms with Gasteiger partial charge in [0.05, 0.1) is 15.8 Å². The molecule has 2 aliphatic heterocycles. The van der Waals surface area contributed by atoms with E-state index < -0.39 is 4.92 Å². The summed E-state index contributed by atoms with van der Waals surface area (Å²) in [4.78, 5) is 25.7. The number of nitro groups is 1. The summed E-state index contributed by atoms with van der Waals surface area (Å²) in [7, 11) is 0. The lowest BCUT2D eigenvalue weighted by molar-refractivity contribution is -0.384. The monoisotopic (exact) mass is 596 g/mol. The first-order chi connectivity index (χ1) is 18.9. The number of carbonyl (C=O) groups excluding carboxylic acids is 1. The second-order valence-corrected chi connectivity index (χ2v) is 11.1. The van der Waals surface area contributed by atoms with Crippen LogP contribution in [0, 0.1) is 10.1 Å². The van der Waals surface area contributed by atoms with Crippen LogP contribution in [0.5, 0.6) is 5.75 Å². The predicted octanol–water partition coefficient (Wildman–Crippen LogP) is 5.07. The van der Waals surface area contributed by atoms with E-state index in [1.54, 1.807) is 24.3 Å². The Hall–Kier alpha value is -3.21. The molecular weight excluding hydrogens is 564 g/mol. The van der Waals surface area contributed by atoms with E-state index in [0.717, 1.165) is 68.6 Å². The Morgan fingerprint density at radius 2 is 1.90 bits per heavy atom. The molecule has 0 saturated carbocycles. The number of nitrogens with one attached hydrogen (secondary N) is 2. The van der Waals surface area contributed by atoms with Gasteiger partial charge < -0.3 is 19.8 Å². The largest absolute Gasteiger partial charge is 0.489 e. The Labute approximate surface area is 236 Å². The fourth-order valence-electron chi connectivity index (χ4n) is 5.16. The van der Waals surface area contributed by atoms with Crippen molar-refractivity contribution in [2.75, 3.05) is 26.2 Å². The third-order valence-electron chi connectivity index (χ3n) is 7.27. The van der Waals surface area contributed by atoms with Crippen LogP contribution >= 0.6 is 15.9 Å². The third kappa shape index (κ3) is 7.46. The van der Waals surface area contributed by atoms with Crippen LogP contribution < -0.4 is 15.4 Å². The van der Waals surface area contributed by atoms with Crippen molar-refractivity contribution in [2.45, 2.75) is 50.8 Å². The van der Waals surface area contributed by atoms with Gasteiger partial charge in [-0.3, -0.25) is 19.8 Å². The van der Waals surface area contributed by atoms with Crippen LogP contribution in [-0.2, 0) is 17.8 Å². The first kappa shape index (κ1) is 27.4. The number of rotatable bonds is 9. The summed E-state index contributed by atoms with van der Waals surface area (Å²) in [6.45, 7) is 4.69. The van der Waals surface area contributed by atoms with Crippen molar-refractivity contribution in [3.63, 3.8) is 0 Å². The van der Waals surface area contributed by atoms with Crippen LogP contribution in [-0.4, -0.2) is 54.1 Å². The molecule has 5 rings (SSSR count). The molecule has 2 fully saturated rings. The first-order valence-electron chi connectivity index (χ1n) is 13.4. The number of amides is 1. The number of piperidine rings is 2. The number of ether oxygens (including phenoxy) is 1. The number of non-ortho nitro benzene ring substituents is 1. The van der Waals surface area contributed by atoms with Gasteiger partial charge in [-0.15, -0.1) is 0 Å². The maximum atomic E-state index is 12.7. The van der Waals surface area contributed by atoms with Crippen LogP contribution in [0.15, 0.2) is 63.5 Å². The zero-order valence-electron chi connectivity index (χ0n) is 21.7. The molecule has 0 atom stereocenters. The summed E-state index contributed by atoms with van der Waals surface area (Å²) in [6.07, 6.45) is 4.24. The predicted molar refractivity (Wildman–Crippen MR) is 152 cm³/mol. The van der Waals surface area contributed by atoms with E-state index in [2.05, 4.69) is 49.7 Å². The van der Waals surface area contributed by atoms with Crippen LogP contribution in [0.1, 0.15) is 37.0 Å². The van der Waals surface area contributed by atoms with E-state index in [-0.39, 0.29) is 30.2 Å². The molecule has 0 spiro atoms. The normalized spacial score (nSPS) is 17.2. The molecular formula is C29H33BrN4O5. The van der Waals surface area contributed by atoms with Gasteiger partial charge in [-0.05, 0) is 84.5 Å². The number of nitrogens with zero attached hydrogens (tertiary/aromatic N) is 2. The molecule has 2 N–H and O–H groups in total. The van der Waals surface area contributed by atoms with Crippen molar-refractivity contribution in [1.29, 1.82) is 0 Å². The number of hydrogen-bond donors (Lipinski definition) is 2. The Balaban J connectivity index is 1.06. The summed E-state index contributed by atoms with van der Waals surface area (Å²) in [5.74, 6) is 1.86. The topological polar surface area (TPSA) is 110 Å². The fourth-order valence-corrected chi connectivity index (χ4v) is 5.68. The minimum absolute atomic E-state index is 0.000759. The highest BCUT2D eigenvalue weighted by Gasteiger charge is 2.22. The van der Waals surface area contributed by atoms with Gasteiger partial charge in [0, 0.05) is 43.4 Å². The lowest BCUT2D eigenvalue weighted by atomic mass is 10.0. The molecule has 10 heteroatoms. The number of benzene rings is 2. The van der Waals surface area contributed by atoms with Crippen LogP contribution in [0.25, 0.3) is 11.3 Å². The molecule has 2 saturated heterocycles. The second-order valence-electron chi connectivity index (χ2n) is 10.2. The van der Waals surface area contributed by atoms with Gasteiger partial charge >= 0.3 is 0 Å². The first-order valence-corrected chi connectivity index (χ1v) is 14.2. The summed E-state index contributed by atoms with van der Waals surface area (Å²) in [6, 6.07) is 16.2. The van der Waals surface area contributed by atoms with Crippen LogP contribution in [0.4, 0.5) is 5.69 Å². The molecule has 0 bridgehead atoms. The number of carbonyl (C=O) groups is 1. The number of halogens is 1. The molecule has 3 aromatic rings. The van der Waals surface area contributed by atoms with E-state index in [4.69, 9.17) is 9.15 Å². The maximum absolute atomic E-state index is 12.7. The lowest BCUT2D eigenvalue weighted by Gasteiger charge is -2.32. The Bertz CT molecular complexity index is 1300. The van der Waals surface area contributed by atoms with Crippen molar-refractivity contribution < 1.29 is 18.9 Å². The number of furan rings is 1. The van der Waals surface area contributed by atoms with Crippen molar-refractivity contribution in [3.05, 3.63) is 80.5 Å².